The number of hydrogen-bond donors (Lipinski definition) is 1. The average molecular weight is 380 g/mol. The summed E-state index contributed by atoms with van der Waals surface area (Å²) >= 11 is 0. The van der Waals surface area contributed by atoms with Gasteiger partial charge < -0.3 is 10.1 Å². The molecule has 0 atom stereocenters. The molecule has 0 spiro atoms. The van der Waals surface area contributed by atoms with E-state index < -0.39 is 0 Å². The molecule has 1 aromatic carbocycles. The van der Waals surface area contributed by atoms with E-state index in [1.54, 1.807) is 37.7 Å². The molecule has 148 valence electrons. The summed E-state index contributed by atoms with van der Waals surface area (Å²) in [4.78, 5) is 24.7. The lowest BCUT2D eigenvalue weighted by Gasteiger charge is -2.33. The zero-order valence-corrected chi connectivity index (χ0v) is 16.8. The summed E-state index contributed by atoms with van der Waals surface area (Å²) in [6, 6.07) is 5.38. The molecule has 0 bridgehead atoms. The molecule has 0 aliphatic heterocycles. The van der Waals surface area contributed by atoms with E-state index >= 15 is 0 Å². The largest absolute Gasteiger partial charge is 0.462 e. The lowest BCUT2D eigenvalue weighted by atomic mass is 9.88. The molecular formula is C22H28N4O2. The number of aromatic nitrogens is 2. The second kappa shape index (κ2) is 10.3. The lowest BCUT2D eigenvalue weighted by Crippen LogP contribution is -2.36. The predicted octanol–water partition coefficient (Wildman–Crippen LogP) is 4.95. The third-order valence-corrected chi connectivity index (χ3v) is 4.73. The summed E-state index contributed by atoms with van der Waals surface area (Å²) < 4.78 is 5.12. The summed E-state index contributed by atoms with van der Waals surface area (Å²) in [5.41, 5.74) is 2.63. The number of rotatable bonds is 10. The zero-order valence-electron chi connectivity index (χ0n) is 16.8. The van der Waals surface area contributed by atoms with E-state index in [2.05, 4.69) is 40.7 Å². The highest BCUT2D eigenvalue weighted by molar-refractivity contribution is 5.93. The maximum absolute atomic E-state index is 12.2. The van der Waals surface area contributed by atoms with Gasteiger partial charge in [-0.05, 0) is 44.4 Å². The molecule has 28 heavy (non-hydrogen) atoms. The Morgan fingerprint density at radius 2 is 1.96 bits per heavy atom. The van der Waals surface area contributed by atoms with E-state index in [0.29, 0.717) is 17.9 Å². The fourth-order valence-electron chi connectivity index (χ4n) is 2.94. The SMILES string of the molecule is C=CCC(CC)(CC)Nc1ccc(C(=O)OCC)cc1N=Cc1cncnc1. The quantitative estimate of drug-likeness (QED) is 0.358. The summed E-state index contributed by atoms with van der Waals surface area (Å²) in [5, 5.41) is 3.63. The van der Waals surface area contributed by atoms with Crippen LogP contribution < -0.4 is 5.32 Å². The first-order chi connectivity index (χ1) is 13.6. The van der Waals surface area contributed by atoms with Gasteiger partial charge in [-0.25, -0.2) is 14.8 Å². The first-order valence-corrected chi connectivity index (χ1v) is 9.56. The van der Waals surface area contributed by atoms with Crippen LogP contribution in [0.1, 0.15) is 56.0 Å². The molecule has 0 aliphatic carbocycles. The number of benzene rings is 1. The Morgan fingerprint density at radius 1 is 1.25 bits per heavy atom. The van der Waals surface area contributed by atoms with E-state index in [0.717, 1.165) is 30.5 Å². The Kier molecular flexibility index (Phi) is 7.87. The van der Waals surface area contributed by atoms with Crippen molar-refractivity contribution in [3.63, 3.8) is 0 Å². The Morgan fingerprint density at radius 3 is 2.57 bits per heavy atom. The number of carbonyl (C=O) groups excluding carboxylic acids is 1. The average Bonchev–Trinajstić information content (AvgIpc) is 2.73. The van der Waals surface area contributed by atoms with Crippen molar-refractivity contribution in [2.45, 2.75) is 45.6 Å². The maximum Gasteiger partial charge on any atom is 0.338 e. The standard InChI is InChI=1S/C22H28N4O2/c1-5-11-22(6-2,7-3)26-19-10-9-18(21(27)28-8-4)12-20(19)25-15-17-13-23-16-24-14-17/h5,9-10,12-16,26H,1,6-8,11H2,2-4H3. The fourth-order valence-corrected chi connectivity index (χ4v) is 2.94. The summed E-state index contributed by atoms with van der Waals surface area (Å²) in [7, 11) is 0. The van der Waals surface area contributed by atoms with E-state index in [-0.39, 0.29) is 11.5 Å². The molecular weight excluding hydrogens is 352 g/mol. The van der Waals surface area contributed by atoms with Crippen LogP contribution in [0.2, 0.25) is 0 Å². The molecule has 0 saturated heterocycles. The van der Waals surface area contributed by atoms with Gasteiger partial charge in [0.05, 0.1) is 23.5 Å². The summed E-state index contributed by atoms with van der Waals surface area (Å²) in [6.07, 6.45) is 11.1. The second-order valence-electron chi connectivity index (χ2n) is 6.49. The molecule has 0 unspecified atom stereocenters. The number of esters is 1. The monoisotopic (exact) mass is 380 g/mol. The Hall–Kier alpha value is -3.02. The van der Waals surface area contributed by atoms with Crippen molar-refractivity contribution >= 4 is 23.6 Å². The zero-order chi connectivity index (χ0) is 20.4. The summed E-state index contributed by atoms with van der Waals surface area (Å²) in [6.45, 7) is 10.3. The minimum Gasteiger partial charge on any atom is -0.462 e. The highest BCUT2D eigenvalue weighted by Gasteiger charge is 2.25. The third-order valence-electron chi connectivity index (χ3n) is 4.73. The predicted molar refractivity (Wildman–Crippen MR) is 113 cm³/mol. The Balaban J connectivity index is 2.44. The van der Waals surface area contributed by atoms with Crippen LogP contribution >= 0.6 is 0 Å². The van der Waals surface area contributed by atoms with Gasteiger partial charge in [0.25, 0.3) is 0 Å². The number of ether oxygens (including phenoxy) is 1. The fraction of sp³-hybridized carbons (Fsp3) is 0.364. The minimum atomic E-state index is -0.364. The van der Waals surface area contributed by atoms with Crippen molar-refractivity contribution in [3.8, 4) is 0 Å². The molecule has 6 nitrogen and oxygen atoms in total. The van der Waals surface area contributed by atoms with Crippen LogP contribution in [0.5, 0.6) is 0 Å². The first-order valence-electron chi connectivity index (χ1n) is 9.56. The van der Waals surface area contributed by atoms with Gasteiger partial charge in [0.2, 0.25) is 0 Å². The van der Waals surface area contributed by atoms with Crippen LogP contribution in [0.4, 0.5) is 11.4 Å². The molecule has 1 heterocycles. The van der Waals surface area contributed by atoms with Crippen molar-refractivity contribution in [1.29, 1.82) is 0 Å². The van der Waals surface area contributed by atoms with Gasteiger partial charge in [-0.3, -0.25) is 4.99 Å². The van der Waals surface area contributed by atoms with Crippen molar-refractivity contribution in [2.24, 2.45) is 4.99 Å². The van der Waals surface area contributed by atoms with Crippen LogP contribution in [0.3, 0.4) is 0 Å². The van der Waals surface area contributed by atoms with E-state index in [1.165, 1.54) is 6.33 Å². The molecule has 1 aromatic heterocycles. The van der Waals surface area contributed by atoms with Crippen LogP contribution in [-0.4, -0.2) is 34.3 Å². The number of carbonyl (C=O) groups is 1. The van der Waals surface area contributed by atoms with Crippen molar-refractivity contribution in [3.05, 3.63) is 60.7 Å². The number of anilines is 1. The molecule has 6 heteroatoms. The molecule has 1 N–H and O–H groups in total. The van der Waals surface area contributed by atoms with Gasteiger partial charge in [0.15, 0.2) is 0 Å². The molecule has 0 aliphatic rings. The maximum atomic E-state index is 12.2. The van der Waals surface area contributed by atoms with Crippen molar-refractivity contribution in [1.82, 2.24) is 9.97 Å². The first kappa shape index (κ1) is 21.3. The van der Waals surface area contributed by atoms with Gasteiger partial charge in [-0.2, -0.15) is 0 Å². The smallest absolute Gasteiger partial charge is 0.338 e. The van der Waals surface area contributed by atoms with Crippen LogP contribution in [0, 0.1) is 0 Å². The lowest BCUT2D eigenvalue weighted by molar-refractivity contribution is 0.0526. The van der Waals surface area contributed by atoms with Gasteiger partial charge >= 0.3 is 5.97 Å². The Bertz CT molecular complexity index is 815. The third kappa shape index (κ3) is 5.49. The number of nitrogens with one attached hydrogen (secondary N) is 1. The number of hydrogen-bond acceptors (Lipinski definition) is 6. The second-order valence-corrected chi connectivity index (χ2v) is 6.49. The molecule has 0 amide bonds. The molecule has 2 rings (SSSR count). The van der Waals surface area contributed by atoms with Crippen LogP contribution in [0.25, 0.3) is 0 Å². The topological polar surface area (TPSA) is 76.5 Å². The molecule has 0 radical (unpaired) electrons. The Labute approximate surface area is 166 Å². The molecule has 0 saturated carbocycles. The number of nitrogens with zero attached hydrogens (tertiary/aromatic N) is 3. The van der Waals surface area contributed by atoms with E-state index in [4.69, 9.17) is 4.74 Å². The van der Waals surface area contributed by atoms with Crippen molar-refractivity contribution in [2.75, 3.05) is 11.9 Å². The highest BCUT2D eigenvalue weighted by atomic mass is 16.5. The van der Waals surface area contributed by atoms with Crippen LogP contribution in [-0.2, 0) is 4.74 Å². The van der Waals surface area contributed by atoms with Crippen molar-refractivity contribution < 1.29 is 9.53 Å². The molecule has 0 fully saturated rings. The highest BCUT2D eigenvalue weighted by Crippen LogP contribution is 2.33. The summed E-state index contributed by atoms with van der Waals surface area (Å²) in [5.74, 6) is -0.364. The van der Waals surface area contributed by atoms with Gasteiger partial charge in [0, 0.05) is 29.7 Å². The van der Waals surface area contributed by atoms with Gasteiger partial charge in [-0.15, -0.1) is 6.58 Å². The van der Waals surface area contributed by atoms with E-state index in [9.17, 15) is 4.79 Å². The normalized spacial score (nSPS) is 11.4. The van der Waals surface area contributed by atoms with E-state index in [1.807, 2.05) is 12.1 Å². The molecule has 2 aromatic rings. The minimum absolute atomic E-state index is 0.118. The van der Waals surface area contributed by atoms with Gasteiger partial charge in [0.1, 0.15) is 6.33 Å². The number of aliphatic imine (C=N–C) groups is 1. The van der Waals surface area contributed by atoms with Crippen LogP contribution in [0.15, 0.2) is 54.6 Å². The van der Waals surface area contributed by atoms with Gasteiger partial charge in [-0.1, -0.05) is 19.9 Å².